The van der Waals surface area contributed by atoms with Crippen molar-refractivity contribution in [1.29, 1.82) is 0 Å². The van der Waals surface area contributed by atoms with Gasteiger partial charge in [0.2, 0.25) is 23.6 Å². The molecule has 2 fully saturated rings. The number of benzene rings is 2. The van der Waals surface area contributed by atoms with Crippen LogP contribution in [0.5, 0.6) is 0 Å². The topological polar surface area (TPSA) is 74.8 Å². The Balaban J connectivity index is 1.42. The minimum absolute atomic E-state index is 0.287. The molecular weight excluding hydrogens is 452 g/mol. The van der Waals surface area contributed by atoms with Crippen LogP contribution in [-0.2, 0) is 19.2 Å². The third-order valence-corrected chi connectivity index (χ3v) is 8.67. The van der Waals surface area contributed by atoms with Crippen molar-refractivity contribution in [3.8, 4) is 0 Å². The van der Waals surface area contributed by atoms with Gasteiger partial charge in [0.1, 0.15) is 0 Å². The van der Waals surface area contributed by atoms with E-state index in [-0.39, 0.29) is 23.6 Å². The second kappa shape index (κ2) is 7.85. The molecule has 6 rings (SSSR count). The van der Waals surface area contributed by atoms with Crippen LogP contribution >= 0.6 is 0 Å². The summed E-state index contributed by atoms with van der Waals surface area (Å²) in [7, 11) is 0. The fourth-order valence-corrected chi connectivity index (χ4v) is 6.44. The molecule has 0 saturated carbocycles. The number of carbonyl (C=O) groups is 4. The highest BCUT2D eigenvalue weighted by Crippen LogP contribution is 2.53. The van der Waals surface area contributed by atoms with E-state index < -0.39 is 35.5 Å². The normalized spacial score (nSPS) is 30.7. The summed E-state index contributed by atoms with van der Waals surface area (Å²) in [4.78, 5) is 57.3. The summed E-state index contributed by atoms with van der Waals surface area (Å²) >= 11 is 0. The summed E-state index contributed by atoms with van der Waals surface area (Å²) in [5, 5.41) is 0. The zero-order chi connectivity index (χ0) is 25.5. The molecule has 2 aromatic carbocycles. The first-order valence-electron chi connectivity index (χ1n) is 12.5. The van der Waals surface area contributed by atoms with Crippen molar-refractivity contribution in [2.75, 3.05) is 9.80 Å². The lowest BCUT2D eigenvalue weighted by atomic mass is 9.55. The van der Waals surface area contributed by atoms with Gasteiger partial charge in [0, 0.05) is 0 Å². The van der Waals surface area contributed by atoms with Gasteiger partial charge in [0.25, 0.3) is 0 Å². The number of nitrogens with zero attached hydrogens (tertiary/aromatic N) is 2. The van der Waals surface area contributed by atoms with Crippen LogP contribution < -0.4 is 9.80 Å². The largest absolute Gasteiger partial charge is 0.273 e. The summed E-state index contributed by atoms with van der Waals surface area (Å²) < 4.78 is 0. The van der Waals surface area contributed by atoms with E-state index in [1.165, 1.54) is 9.80 Å². The van der Waals surface area contributed by atoms with E-state index in [1.54, 1.807) is 36.4 Å². The van der Waals surface area contributed by atoms with Gasteiger partial charge < -0.3 is 0 Å². The molecule has 0 aromatic heterocycles. The Morgan fingerprint density at radius 1 is 0.472 bits per heavy atom. The fraction of sp³-hybridized carbons (Fsp3) is 0.333. The van der Waals surface area contributed by atoms with Gasteiger partial charge in [-0.05, 0) is 86.1 Å². The summed E-state index contributed by atoms with van der Waals surface area (Å²) in [6.45, 7) is 7.89. The van der Waals surface area contributed by atoms with Gasteiger partial charge in [-0.3, -0.25) is 19.2 Å². The van der Waals surface area contributed by atoms with Crippen molar-refractivity contribution in [1.82, 2.24) is 0 Å². The third-order valence-electron chi connectivity index (χ3n) is 8.67. The summed E-state index contributed by atoms with van der Waals surface area (Å²) in [6.07, 6.45) is 7.18. The van der Waals surface area contributed by atoms with E-state index in [0.29, 0.717) is 11.4 Å². The molecule has 0 spiro atoms. The Morgan fingerprint density at radius 3 is 1.06 bits per heavy atom. The van der Waals surface area contributed by atoms with E-state index >= 15 is 0 Å². The van der Waals surface area contributed by atoms with Gasteiger partial charge in [0.15, 0.2) is 0 Å². The van der Waals surface area contributed by atoms with Gasteiger partial charge in [-0.2, -0.15) is 0 Å². The maximum atomic E-state index is 13.7. The zero-order valence-corrected chi connectivity index (χ0v) is 20.8. The molecule has 0 bridgehead atoms. The summed E-state index contributed by atoms with van der Waals surface area (Å²) in [5.41, 5.74) is 5.31. The lowest BCUT2D eigenvalue weighted by Gasteiger charge is -2.53. The molecule has 2 heterocycles. The molecular formula is C30H28N2O4. The predicted octanol–water partition coefficient (Wildman–Crippen LogP) is 4.20. The monoisotopic (exact) mass is 480 g/mol. The number of anilines is 2. The van der Waals surface area contributed by atoms with Crippen LogP contribution in [-0.4, -0.2) is 23.6 Å². The Kier molecular flexibility index (Phi) is 4.94. The molecule has 2 aliphatic carbocycles. The number of imide groups is 2. The number of carbonyl (C=O) groups excluding carboxylic acids is 4. The Morgan fingerprint density at radius 2 is 0.778 bits per heavy atom. The zero-order valence-electron chi connectivity index (χ0n) is 20.8. The van der Waals surface area contributed by atoms with E-state index in [2.05, 4.69) is 0 Å². The smallest absolute Gasteiger partial charge is 0.241 e. The Hall–Kier alpha value is -3.80. The number of rotatable bonds is 2. The van der Waals surface area contributed by atoms with Crippen LogP contribution in [0, 0.1) is 63.2 Å². The fourth-order valence-electron chi connectivity index (χ4n) is 6.44. The van der Waals surface area contributed by atoms with Crippen molar-refractivity contribution < 1.29 is 19.2 Å². The first-order chi connectivity index (χ1) is 17.2. The molecule has 6 nitrogen and oxygen atoms in total. The van der Waals surface area contributed by atoms with Gasteiger partial charge in [-0.1, -0.05) is 36.4 Å². The van der Waals surface area contributed by atoms with Crippen molar-refractivity contribution in [3.05, 3.63) is 83.0 Å². The van der Waals surface area contributed by atoms with E-state index in [4.69, 9.17) is 0 Å². The third kappa shape index (κ3) is 3.03. The van der Waals surface area contributed by atoms with Crippen molar-refractivity contribution in [2.24, 2.45) is 35.5 Å². The highest BCUT2D eigenvalue weighted by molar-refractivity contribution is 6.22. The first kappa shape index (κ1) is 22.7. The van der Waals surface area contributed by atoms with Crippen LogP contribution in [0.15, 0.2) is 60.7 Å². The maximum Gasteiger partial charge on any atom is 0.241 e. The van der Waals surface area contributed by atoms with Gasteiger partial charge >= 0.3 is 0 Å². The average Bonchev–Trinajstić information content (AvgIpc) is 2.85. The SMILES string of the molecule is Cc1ccc(N2C(=O)[C@H]3C=C[C@H]4C(=O)N(c5ccc(C)c(C)c5)C(=O)[C@@H]5C=C[C@@H](C2=O)C3C45)cc1C. The molecule has 4 amide bonds. The number of amides is 4. The molecule has 2 saturated heterocycles. The molecule has 0 N–H and O–H groups in total. The van der Waals surface area contributed by atoms with Crippen LogP contribution in [0.3, 0.4) is 0 Å². The summed E-state index contributed by atoms with van der Waals surface area (Å²) in [5.74, 6) is -4.20. The number of hydrogen-bond acceptors (Lipinski definition) is 4. The highest BCUT2D eigenvalue weighted by atomic mass is 16.2. The quantitative estimate of drug-likeness (QED) is 0.477. The minimum atomic E-state index is -0.559. The number of hydrogen-bond donors (Lipinski definition) is 0. The molecule has 36 heavy (non-hydrogen) atoms. The lowest BCUT2D eigenvalue weighted by Crippen LogP contribution is -2.64. The van der Waals surface area contributed by atoms with Crippen LogP contribution in [0.25, 0.3) is 0 Å². The minimum Gasteiger partial charge on any atom is -0.273 e. The first-order valence-corrected chi connectivity index (χ1v) is 12.5. The second-order valence-electron chi connectivity index (χ2n) is 10.6. The Labute approximate surface area is 210 Å². The van der Waals surface area contributed by atoms with E-state index in [0.717, 1.165) is 22.3 Å². The molecule has 2 aliphatic heterocycles. The van der Waals surface area contributed by atoms with Gasteiger partial charge in [0.05, 0.1) is 35.0 Å². The molecule has 6 heteroatoms. The molecule has 2 aromatic rings. The molecule has 4 aliphatic rings. The van der Waals surface area contributed by atoms with Gasteiger partial charge in [-0.15, -0.1) is 0 Å². The van der Waals surface area contributed by atoms with E-state index in [9.17, 15) is 19.2 Å². The van der Waals surface area contributed by atoms with Crippen molar-refractivity contribution >= 4 is 35.0 Å². The standard InChI is InChI=1S/C30H28N2O4/c1-15-5-7-19(13-17(15)3)31-27(33)21-9-11-23-26-24(12-10-22(25(21)26)28(31)34)30(36)32(29(23)35)20-8-6-16(2)18(4)14-20/h5-14,21-26H,1-4H3/t21-,22-,23-,24+,25?,26?/m1/s1. The second-order valence-corrected chi connectivity index (χ2v) is 10.6. The summed E-state index contributed by atoms with van der Waals surface area (Å²) in [6, 6.07) is 11.2. The highest BCUT2D eigenvalue weighted by Gasteiger charge is 2.60. The van der Waals surface area contributed by atoms with Crippen LogP contribution in [0.1, 0.15) is 22.3 Å². The van der Waals surface area contributed by atoms with Crippen molar-refractivity contribution in [3.63, 3.8) is 0 Å². The van der Waals surface area contributed by atoms with Crippen LogP contribution in [0.2, 0.25) is 0 Å². The average molecular weight is 481 g/mol. The van der Waals surface area contributed by atoms with Crippen LogP contribution in [0.4, 0.5) is 11.4 Å². The van der Waals surface area contributed by atoms with Crippen molar-refractivity contribution in [2.45, 2.75) is 27.7 Å². The predicted molar refractivity (Wildman–Crippen MR) is 136 cm³/mol. The van der Waals surface area contributed by atoms with Gasteiger partial charge in [-0.25, -0.2) is 9.80 Å². The Bertz CT molecular complexity index is 1260. The number of piperidine rings is 2. The molecule has 182 valence electrons. The molecule has 0 radical (unpaired) electrons. The van der Waals surface area contributed by atoms with E-state index in [1.807, 2.05) is 52.0 Å². The lowest BCUT2D eigenvalue weighted by molar-refractivity contribution is -0.148. The molecule has 6 atom stereocenters. The number of aryl methyl sites for hydroxylation is 4. The maximum absolute atomic E-state index is 13.7. The molecule has 2 unspecified atom stereocenters.